The van der Waals surface area contributed by atoms with Gasteiger partial charge in [-0.1, -0.05) is 25.1 Å². The zero-order valence-corrected chi connectivity index (χ0v) is 16.5. The molecule has 0 aromatic heterocycles. The smallest absolute Gasteiger partial charge is 0.251 e. The van der Waals surface area contributed by atoms with Gasteiger partial charge in [-0.05, 0) is 42.8 Å². The summed E-state index contributed by atoms with van der Waals surface area (Å²) in [6.45, 7) is 1.88. The van der Waals surface area contributed by atoms with E-state index in [0.717, 1.165) is 0 Å². The van der Waals surface area contributed by atoms with Crippen LogP contribution in [-0.4, -0.2) is 43.6 Å². The fraction of sp³-hybridized carbons (Fsp3) is 0.333. The lowest BCUT2D eigenvalue weighted by atomic mass is 10.0. The molecule has 0 saturated carbocycles. The maximum absolute atomic E-state index is 12.6. The molecule has 0 spiro atoms. The number of benzene rings is 2. The molecule has 0 aliphatic rings. The molecular weight excluding hydrogens is 376 g/mol. The van der Waals surface area contributed by atoms with E-state index < -0.39 is 17.9 Å². The van der Waals surface area contributed by atoms with Gasteiger partial charge in [-0.3, -0.25) is 14.8 Å². The quantitative estimate of drug-likeness (QED) is 0.231. The summed E-state index contributed by atoms with van der Waals surface area (Å²) in [4.78, 5) is 24.2. The lowest BCUT2D eigenvalue weighted by molar-refractivity contribution is -0.133. The van der Waals surface area contributed by atoms with E-state index in [0.29, 0.717) is 17.1 Å². The van der Waals surface area contributed by atoms with Crippen molar-refractivity contribution in [2.24, 2.45) is 5.92 Å². The first-order valence-corrected chi connectivity index (χ1v) is 9.18. The number of rotatable bonds is 11. The summed E-state index contributed by atoms with van der Waals surface area (Å²) in [6, 6.07) is 15.6. The van der Waals surface area contributed by atoms with Gasteiger partial charge in [0, 0.05) is 18.6 Å². The third-order valence-electron chi connectivity index (χ3n) is 4.15. The largest absolute Gasteiger partial charge is 0.457 e. The Morgan fingerprint density at radius 1 is 1.03 bits per heavy atom. The highest BCUT2D eigenvalue weighted by Gasteiger charge is 2.21. The van der Waals surface area contributed by atoms with Gasteiger partial charge in [0.1, 0.15) is 18.3 Å². The van der Waals surface area contributed by atoms with Crippen molar-refractivity contribution in [3.63, 3.8) is 0 Å². The molecule has 8 nitrogen and oxygen atoms in total. The van der Waals surface area contributed by atoms with E-state index >= 15 is 0 Å². The second-order valence-electron chi connectivity index (χ2n) is 6.50. The molecule has 0 aliphatic carbocycles. The van der Waals surface area contributed by atoms with Crippen LogP contribution >= 0.6 is 0 Å². The number of hydroxylamine groups is 1. The van der Waals surface area contributed by atoms with Crippen LogP contribution in [0.3, 0.4) is 0 Å². The predicted octanol–water partition coefficient (Wildman–Crippen LogP) is 2.73. The molecule has 0 aliphatic heterocycles. The second-order valence-corrected chi connectivity index (χ2v) is 6.50. The second kappa shape index (κ2) is 11.8. The molecule has 29 heavy (non-hydrogen) atoms. The van der Waals surface area contributed by atoms with Crippen molar-refractivity contribution >= 4 is 11.8 Å². The standard InChI is InChI=1S/C21H26N2O6/c1-15(20(24)23-26)12-17(13-28-14-27-2)22-21(25)16-8-10-19(11-9-16)29-18-6-4-3-5-7-18/h3-11,15,17,26H,12-14H2,1-2H3,(H,22,25)(H,23,24). The van der Waals surface area contributed by atoms with E-state index in [4.69, 9.17) is 19.4 Å². The van der Waals surface area contributed by atoms with Crippen LogP contribution in [0.25, 0.3) is 0 Å². The number of para-hydroxylation sites is 1. The SMILES string of the molecule is COCOCC(CC(C)C(=O)NO)NC(=O)c1ccc(Oc2ccccc2)cc1. The lowest BCUT2D eigenvalue weighted by Gasteiger charge is -2.21. The minimum Gasteiger partial charge on any atom is -0.457 e. The number of hydrogen-bond acceptors (Lipinski definition) is 6. The van der Waals surface area contributed by atoms with Crippen LogP contribution in [0.2, 0.25) is 0 Å². The van der Waals surface area contributed by atoms with Gasteiger partial charge < -0.3 is 19.5 Å². The van der Waals surface area contributed by atoms with Gasteiger partial charge in [0.05, 0.1) is 12.6 Å². The van der Waals surface area contributed by atoms with Crippen LogP contribution in [-0.2, 0) is 14.3 Å². The van der Waals surface area contributed by atoms with Gasteiger partial charge in [-0.2, -0.15) is 0 Å². The van der Waals surface area contributed by atoms with E-state index in [-0.39, 0.29) is 25.7 Å². The molecule has 2 rings (SSSR count). The number of hydrogen-bond donors (Lipinski definition) is 3. The summed E-state index contributed by atoms with van der Waals surface area (Å²) in [7, 11) is 1.49. The molecule has 0 saturated heterocycles. The number of ether oxygens (including phenoxy) is 3. The summed E-state index contributed by atoms with van der Waals surface area (Å²) >= 11 is 0. The average Bonchev–Trinajstić information content (AvgIpc) is 2.74. The number of nitrogens with one attached hydrogen (secondary N) is 2. The van der Waals surface area contributed by atoms with E-state index in [9.17, 15) is 9.59 Å². The zero-order valence-electron chi connectivity index (χ0n) is 16.5. The number of carbonyl (C=O) groups is 2. The Hall–Kier alpha value is -2.94. The number of amides is 2. The highest BCUT2D eigenvalue weighted by Crippen LogP contribution is 2.21. The van der Waals surface area contributed by atoms with E-state index in [1.807, 2.05) is 30.3 Å². The van der Waals surface area contributed by atoms with Crippen molar-refractivity contribution < 1.29 is 29.0 Å². The highest BCUT2D eigenvalue weighted by atomic mass is 16.7. The number of methoxy groups -OCH3 is 1. The first kappa shape index (κ1) is 22.4. The maximum atomic E-state index is 12.6. The molecule has 2 aromatic rings. The topological polar surface area (TPSA) is 106 Å². The van der Waals surface area contributed by atoms with Crippen LogP contribution in [0.1, 0.15) is 23.7 Å². The van der Waals surface area contributed by atoms with Crippen molar-refractivity contribution in [3.8, 4) is 11.5 Å². The third-order valence-corrected chi connectivity index (χ3v) is 4.15. The van der Waals surface area contributed by atoms with Crippen LogP contribution in [0.15, 0.2) is 54.6 Å². The molecule has 0 heterocycles. The zero-order chi connectivity index (χ0) is 21.1. The van der Waals surface area contributed by atoms with Gasteiger partial charge in [0.2, 0.25) is 5.91 Å². The monoisotopic (exact) mass is 402 g/mol. The summed E-state index contributed by atoms with van der Waals surface area (Å²) in [5.41, 5.74) is 2.06. The fourth-order valence-corrected chi connectivity index (χ4v) is 2.65. The summed E-state index contributed by atoms with van der Waals surface area (Å²) < 4.78 is 15.9. The van der Waals surface area contributed by atoms with Gasteiger partial charge in [0.25, 0.3) is 5.91 Å². The summed E-state index contributed by atoms with van der Waals surface area (Å²) in [5.74, 6) is -0.0347. The predicted molar refractivity (Wildman–Crippen MR) is 106 cm³/mol. The van der Waals surface area contributed by atoms with Crippen molar-refractivity contribution in [2.45, 2.75) is 19.4 Å². The van der Waals surface area contributed by atoms with Gasteiger partial charge in [0.15, 0.2) is 0 Å². The Bertz CT molecular complexity index is 767. The normalized spacial score (nSPS) is 12.7. The molecule has 8 heteroatoms. The minimum atomic E-state index is -0.529. The van der Waals surface area contributed by atoms with Crippen LogP contribution in [0, 0.1) is 5.92 Å². The van der Waals surface area contributed by atoms with Gasteiger partial charge in [-0.15, -0.1) is 0 Å². The Balaban J connectivity index is 1.98. The highest BCUT2D eigenvalue weighted by molar-refractivity contribution is 5.94. The molecule has 3 N–H and O–H groups in total. The average molecular weight is 402 g/mol. The Kier molecular flexibility index (Phi) is 9.10. The molecule has 2 aromatic carbocycles. The molecular formula is C21H26N2O6. The lowest BCUT2D eigenvalue weighted by Crippen LogP contribution is -2.41. The fourth-order valence-electron chi connectivity index (χ4n) is 2.65. The Labute approximate surface area is 169 Å². The third kappa shape index (κ3) is 7.53. The van der Waals surface area contributed by atoms with Crippen molar-refractivity contribution in [1.82, 2.24) is 10.8 Å². The van der Waals surface area contributed by atoms with Crippen molar-refractivity contribution in [2.75, 3.05) is 20.5 Å². The Morgan fingerprint density at radius 3 is 2.31 bits per heavy atom. The molecule has 0 bridgehead atoms. The number of carbonyl (C=O) groups excluding carboxylic acids is 2. The van der Waals surface area contributed by atoms with E-state index in [1.165, 1.54) is 7.11 Å². The molecule has 2 amide bonds. The van der Waals surface area contributed by atoms with Crippen molar-refractivity contribution in [3.05, 3.63) is 60.2 Å². The molecule has 0 radical (unpaired) electrons. The first-order valence-electron chi connectivity index (χ1n) is 9.18. The summed E-state index contributed by atoms with van der Waals surface area (Å²) in [5, 5.41) is 11.6. The molecule has 0 fully saturated rings. The Morgan fingerprint density at radius 2 is 1.69 bits per heavy atom. The molecule has 156 valence electrons. The molecule has 2 atom stereocenters. The van der Waals surface area contributed by atoms with E-state index in [2.05, 4.69) is 5.32 Å². The first-order chi connectivity index (χ1) is 14.0. The maximum Gasteiger partial charge on any atom is 0.251 e. The van der Waals surface area contributed by atoms with Crippen molar-refractivity contribution in [1.29, 1.82) is 0 Å². The van der Waals surface area contributed by atoms with E-state index in [1.54, 1.807) is 36.7 Å². The van der Waals surface area contributed by atoms with Crippen LogP contribution in [0.5, 0.6) is 11.5 Å². The minimum absolute atomic E-state index is 0.0679. The van der Waals surface area contributed by atoms with Gasteiger partial charge >= 0.3 is 0 Å². The van der Waals surface area contributed by atoms with Gasteiger partial charge in [-0.25, -0.2) is 5.48 Å². The van der Waals surface area contributed by atoms with Crippen LogP contribution in [0.4, 0.5) is 0 Å². The van der Waals surface area contributed by atoms with Crippen LogP contribution < -0.4 is 15.5 Å². The molecule has 2 unspecified atom stereocenters. The summed E-state index contributed by atoms with van der Waals surface area (Å²) in [6.07, 6.45) is 0.289.